The van der Waals surface area contributed by atoms with Crippen molar-refractivity contribution in [3.63, 3.8) is 0 Å². The number of rotatable bonds is 4. The molecule has 3 rings (SSSR count). The predicted molar refractivity (Wildman–Crippen MR) is 96.9 cm³/mol. The van der Waals surface area contributed by atoms with Crippen molar-refractivity contribution in [3.05, 3.63) is 69.6 Å². The molecule has 0 atom stereocenters. The van der Waals surface area contributed by atoms with Crippen molar-refractivity contribution in [2.45, 2.75) is 19.5 Å². The minimum atomic E-state index is -4.53. The number of aromatic nitrogens is 2. The second kappa shape index (κ2) is 7.08. The number of hydrogen-bond acceptors (Lipinski definition) is 2. The number of aryl methyl sites for hydroxylation is 1. The quantitative estimate of drug-likeness (QED) is 0.641. The topological polar surface area (TPSA) is 54.6 Å². The fraction of sp³-hybridized carbons (Fsp3) is 0.158. The molecule has 2 aromatic heterocycles. The highest BCUT2D eigenvalue weighted by atomic mass is 35.5. The fourth-order valence-electron chi connectivity index (χ4n) is 2.85. The van der Waals surface area contributed by atoms with E-state index in [1.807, 2.05) is 6.92 Å². The Morgan fingerprint density at radius 2 is 2.04 bits per heavy atom. The first-order valence-corrected chi connectivity index (χ1v) is 8.38. The Balaban J connectivity index is 2.11. The maximum absolute atomic E-state index is 13.2. The van der Waals surface area contributed by atoms with Crippen LogP contribution in [-0.4, -0.2) is 20.5 Å². The number of aromatic carboxylic acids is 1. The highest BCUT2D eigenvalue weighted by Crippen LogP contribution is 2.36. The zero-order chi connectivity index (χ0) is 19.8. The number of carbonyl (C=O) groups is 1. The van der Waals surface area contributed by atoms with Crippen molar-refractivity contribution in [1.82, 2.24) is 9.38 Å². The van der Waals surface area contributed by atoms with E-state index < -0.39 is 17.7 Å². The zero-order valence-corrected chi connectivity index (χ0v) is 14.8. The van der Waals surface area contributed by atoms with Gasteiger partial charge in [0.05, 0.1) is 16.8 Å². The molecule has 0 saturated heterocycles. The summed E-state index contributed by atoms with van der Waals surface area (Å²) in [6.07, 6.45) is 0.348. The summed E-state index contributed by atoms with van der Waals surface area (Å²) in [6, 6.07) is 6.46. The lowest BCUT2D eigenvalue weighted by Crippen LogP contribution is -2.07. The molecule has 3 aromatic rings. The number of alkyl halides is 3. The van der Waals surface area contributed by atoms with Crippen LogP contribution in [0.2, 0.25) is 5.02 Å². The van der Waals surface area contributed by atoms with Gasteiger partial charge in [-0.1, -0.05) is 30.7 Å². The predicted octanol–water partition coefficient (Wildman–Crippen LogP) is 5.44. The monoisotopic (exact) mass is 394 g/mol. The summed E-state index contributed by atoms with van der Waals surface area (Å²) < 4.78 is 41.4. The number of fused-ring (bicyclic) bond motifs is 1. The van der Waals surface area contributed by atoms with Gasteiger partial charge in [0, 0.05) is 22.5 Å². The molecule has 0 spiro atoms. The molecule has 0 aliphatic heterocycles. The Kier molecular flexibility index (Phi) is 4.97. The Morgan fingerprint density at radius 3 is 2.67 bits per heavy atom. The van der Waals surface area contributed by atoms with Gasteiger partial charge < -0.3 is 9.51 Å². The van der Waals surface area contributed by atoms with E-state index in [1.165, 1.54) is 36.4 Å². The molecule has 0 amide bonds. The van der Waals surface area contributed by atoms with Crippen molar-refractivity contribution < 1.29 is 23.1 Å². The number of imidazole rings is 1. The van der Waals surface area contributed by atoms with E-state index in [4.69, 9.17) is 16.7 Å². The number of carboxylic acid groups (broad SMARTS) is 1. The average Bonchev–Trinajstić information content (AvgIpc) is 2.96. The van der Waals surface area contributed by atoms with Gasteiger partial charge in [-0.05, 0) is 36.8 Å². The van der Waals surface area contributed by atoms with Crippen LogP contribution >= 0.6 is 11.6 Å². The lowest BCUT2D eigenvalue weighted by Gasteiger charge is -2.11. The van der Waals surface area contributed by atoms with Gasteiger partial charge in [0.1, 0.15) is 5.65 Å². The van der Waals surface area contributed by atoms with Gasteiger partial charge in [-0.2, -0.15) is 13.2 Å². The first-order chi connectivity index (χ1) is 12.7. The van der Waals surface area contributed by atoms with Crippen molar-refractivity contribution in [2.24, 2.45) is 0 Å². The van der Waals surface area contributed by atoms with Crippen molar-refractivity contribution in [2.75, 3.05) is 0 Å². The normalized spacial score (nSPS) is 12.2. The van der Waals surface area contributed by atoms with E-state index in [-0.39, 0.29) is 16.1 Å². The van der Waals surface area contributed by atoms with Gasteiger partial charge in [-0.15, -0.1) is 0 Å². The van der Waals surface area contributed by atoms with Crippen molar-refractivity contribution in [3.8, 4) is 0 Å². The third kappa shape index (κ3) is 3.68. The third-order valence-electron chi connectivity index (χ3n) is 4.10. The lowest BCUT2D eigenvalue weighted by atomic mass is 10.1. The molecule has 140 valence electrons. The van der Waals surface area contributed by atoms with Gasteiger partial charge in [0.2, 0.25) is 0 Å². The first kappa shape index (κ1) is 19.0. The number of hydrogen-bond donors (Lipinski definition) is 1. The highest BCUT2D eigenvalue weighted by molar-refractivity contribution is 6.32. The standard InChI is InChI=1S/C19H14ClF3N2O2/c1-2-16-15(24-17-10-11(18(26)27)8-9-25(16)17)7-6-12-13(19(21,22)23)4-3-5-14(12)20/h3-10H,2H2,1H3,(H,26,27). The molecule has 2 heterocycles. The van der Waals surface area contributed by atoms with E-state index in [1.54, 1.807) is 10.6 Å². The number of benzene rings is 1. The summed E-state index contributed by atoms with van der Waals surface area (Å²) in [7, 11) is 0. The van der Waals surface area contributed by atoms with Crippen LogP contribution in [0, 0.1) is 0 Å². The molecule has 0 fully saturated rings. The first-order valence-electron chi connectivity index (χ1n) is 8.00. The van der Waals surface area contributed by atoms with Gasteiger partial charge in [-0.3, -0.25) is 0 Å². The van der Waals surface area contributed by atoms with Gasteiger partial charge in [0.25, 0.3) is 0 Å². The van der Waals surface area contributed by atoms with Crippen LogP contribution in [0.3, 0.4) is 0 Å². The van der Waals surface area contributed by atoms with Crippen LogP contribution < -0.4 is 0 Å². The number of halogens is 4. The summed E-state index contributed by atoms with van der Waals surface area (Å²) in [4.78, 5) is 15.5. The minimum absolute atomic E-state index is 0.0175. The van der Waals surface area contributed by atoms with Crippen LogP contribution in [0.25, 0.3) is 17.8 Å². The smallest absolute Gasteiger partial charge is 0.417 e. The molecule has 0 unspecified atom stereocenters. The summed E-state index contributed by atoms with van der Waals surface area (Å²) in [6.45, 7) is 1.88. The number of carboxylic acids is 1. The van der Waals surface area contributed by atoms with Crippen LogP contribution in [0.1, 0.15) is 39.8 Å². The molecule has 0 aliphatic rings. The summed E-state index contributed by atoms with van der Waals surface area (Å²) in [5.74, 6) is -1.08. The molecular weight excluding hydrogens is 381 g/mol. The Morgan fingerprint density at radius 1 is 1.30 bits per heavy atom. The van der Waals surface area contributed by atoms with E-state index in [0.29, 0.717) is 17.8 Å². The SMILES string of the molecule is CCc1c(C=Cc2c(Cl)cccc2C(F)(F)F)nc2cc(C(=O)O)ccn12. The molecule has 8 heteroatoms. The molecular formula is C19H14ClF3N2O2. The maximum atomic E-state index is 13.2. The minimum Gasteiger partial charge on any atom is -0.478 e. The zero-order valence-electron chi connectivity index (χ0n) is 14.1. The molecule has 0 saturated carbocycles. The van der Waals surface area contributed by atoms with Crippen molar-refractivity contribution in [1.29, 1.82) is 0 Å². The Bertz CT molecular complexity index is 1060. The molecule has 0 bridgehead atoms. The fourth-order valence-corrected chi connectivity index (χ4v) is 3.09. The summed E-state index contributed by atoms with van der Waals surface area (Å²) >= 11 is 5.97. The van der Waals surface area contributed by atoms with Gasteiger partial charge in [-0.25, -0.2) is 9.78 Å². The van der Waals surface area contributed by atoms with Crippen LogP contribution in [-0.2, 0) is 12.6 Å². The van der Waals surface area contributed by atoms with Gasteiger partial charge in [0.15, 0.2) is 0 Å². The Labute approximate surface area is 157 Å². The largest absolute Gasteiger partial charge is 0.478 e. The molecule has 0 radical (unpaired) electrons. The van der Waals surface area contributed by atoms with Crippen LogP contribution in [0.4, 0.5) is 13.2 Å². The summed E-state index contributed by atoms with van der Waals surface area (Å²) in [5.41, 5.74) is 0.711. The second-order valence-corrected chi connectivity index (χ2v) is 6.19. The Hall–Kier alpha value is -2.80. The molecule has 1 aromatic carbocycles. The highest BCUT2D eigenvalue weighted by Gasteiger charge is 2.33. The van der Waals surface area contributed by atoms with E-state index >= 15 is 0 Å². The molecule has 1 N–H and O–H groups in total. The second-order valence-electron chi connectivity index (χ2n) is 5.78. The summed E-state index contributed by atoms with van der Waals surface area (Å²) in [5, 5.41) is 9.08. The van der Waals surface area contributed by atoms with E-state index in [2.05, 4.69) is 4.98 Å². The van der Waals surface area contributed by atoms with Crippen LogP contribution in [0.15, 0.2) is 36.5 Å². The lowest BCUT2D eigenvalue weighted by molar-refractivity contribution is -0.137. The van der Waals surface area contributed by atoms with Gasteiger partial charge >= 0.3 is 12.1 Å². The molecule has 27 heavy (non-hydrogen) atoms. The molecule has 0 aliphatic carbocycles. The van der Waals surface area contributed by atoms with E-state index in [9.17, 15) is 18.0 Å². The van der Waals surface area contributed by atoms with Crippen LogP contribution in [0.5, 0.6) is 0 Å². The maximum Gasteiger partial charge on any atom is 0.417 e. The van der Waals surface area contributed by atoms with Crippen molar-refractivity contribution >= 4 is 35.4 Å². The number of nitrogens with zero attached hydrogens (tertiary/aromatic N) is 2. The average molecular weight is 395 g/mol. The third-order valence-corrected chi connectivity index (χ3v) is 4.43. The van der Waals surface area contributed by atoms with E-state index in [0.717, 1.165) is 11.8 Å². The number of pyridine rings is 1. The molecule has 4 nitrogen and oxygen atoms in total.